The van der Waals surface area contributed by atoms with Crippen molar-refractivity contribution in [2.24, 2.45) is 0 Å². The number of nitrogens with one attached hydrogen (secondary N) is 1. The molecule has 3 aromatic rings. The minimum atomic E-state index is -0.423. The van der Waals surface area contributed by atoms with Crippen molar-refractivity contribution < 1.29 is 34.0 Å². The van der Waals surface area contributed by atoms with Crippen molar-refractivity contribution >= 4 is 29.8 Å². The van der Waals surface area contributed by atoms with Crippen LogP contribution in [-0.2, 0) is 4.79 Å². The van der Waals surface area contributed by atoms with Gasteiger partial charge in [-0.15, -0.1) is 0 Å². The Balaban J connectivity index is 1.71. The maximum Gasteiger partial charge on any atom is 0.248 e. The predicted molar refractivity (Wildman–Crippen MR) is 135 cm³/mol. The van der Waals surface area contributed by atoms with Crippen molar-refractivity contribution in [3.05, 3.63) is 71.3 Å². The van der Waals surface area contributed by atoms with E-state index in [1.54, 1.807) is 57.7 Å². The highest BCUT2D eigenvalue weighted by atomic mass is 16.5. The topological polar surface area (TPSA) is 106 Å². The van der Waals surface area contributed by atoms with Gasteiger partial charge in [-0.1, -0.05) is 24.3 Å². The molecule has 0 fully saturated rings. The summed E-state index contributed by atoms with van der Waals surface area (Å²) in [5, 5.41) is 22.7. The number of anilines is 1. The molecule has 0 atom stereocenters. The van der Waals surface area contributed by atoms with Gasteiger partial charge in [-0.3, -0.25) is 4.79 Å². The Labute approximate surface area is 203 Å². The number of phenols is 2. The summed E-state index contributed by atoms with van der Waals surface area (Å²) in [6.45, 7) is 0. The number of hydrogen-bond acceptors (Lipinski definition) is 7. The third-order valence-electron chi connectivity index (χ3n) is 5.07. The van der Waals surface area contributed by atoms with Crippen LogP contribution in [0.15, 0.2) is 54.6 Å². The number of benzene rings is 3. The number of rotatable bonds is 9. The molecule has 8 nitrogen and oxygen atoms in total. The summed E-state index contributed by atoms with van der Waals surface area (Å²) in [4.78, 5) is 12.3. The van der Waals surface area contributed by atoms with Crippen LogP contribution in [0.3, 0.4) is 0 Å². The molecule has 0 unspecified atom stereocenters. The number of hydrogen-bond donors (Lipinski definition) is 3. The maximum atomic E-state index is 12.3. The van der Waals surface area contributed by atoms with E-state index in [2.05, 4.69) is 5.32 Å². The first-order valence-corrected chi connectivity index (χ1v) is 10.6. The van der Waals surface area contributed by atoms with Gasteiger partial charge in [-0.2, -0.15) is 0 Å². The standard InChI is InChI=1S/C27H27NO7/c1-32-23-14-18(8-11-21(23)29)9-12-26(31)28-20-10-7-17(13-22(20)30)5-6-19-15-24(33-2)27(35-4)25(16-19)34-3/h5-16,29-30H,1-4H3,(H,28,31)/b6-5+,12-9+. The SMILES string of the molecule is COc1cc(/C=C/C(=O)Nc2ccc(/C=C/c3cc(OC)c(OC)c(OC)c3)cc2O)ccc1O. The first-order valence-electron chi connectivity index (χ1n) is 10.6. The van der Waals surface area contributed by atoms with Crippen molar-refractivity contribution in [3.63, 3.8) is 0 Å². The molecule has 0 aromatic heterocycles. The third-order valence-corrected chi connectivity index (χ3v) is 5.07. The van der Waals surface area contributed by atoms with Crippen molar-refractivity contribution in [1.82, 2.24) is 0 Å². The predicted octanol–water partition coefficient (Wildman–Crippen LogP) is 4.95. The van der Waals surface area contributed by atoms with Crippen LogP contribution in [0.2, 0.25) is 0 Å². The monoisotopic (exact) mass is 477 g/mol. The van der Waals surface area contributed by atoms with Crippen LogP contribution in [0.25, 0.3) is 18.2 Å². The van der Waals surface area contributed by atoms with Crippen molar-refractivity contribution in [1.29, 1.82) is 0 Å². The van der Waals surface area contributed by atoms with E-state index in [0.29, 0.717) is 28.6 Å². The Bertz CT molecular complexity index is 1240. The molecule has 0 aliphatic rings. The van der Waals surface area contributed by atoms with E-state index in [1.165, 1.54) is 19.3 Å². The lowest BCUT2D eigenvalue weighted by atomic mass is 10.1. The van der Waals surface area contributed by atoms with Gasteiger partial charge in [0.25, 0.3) is 0 Å². The van der Waals surface area contributed by atoms with Crippen molar-refractivity contribution in [2.75, 3.05) is 33.8 Å². The molecule has 182 valence electrons. The molecule has 0 heterocycles. The number of carbonyl (C=O) groups is 1. The normalized spacial score (nSPS) is 11.0. The summed E-state index contributed by atoms with van der Waals surface area (Å²) in [5.74, 6) is 1.39. The molecule has 3 rings (SSSR count). The zero-order valence-corrected chi connectivity index (χ0v) is 19.9. The van der Waals surface area contributed by atoms with E-state index in [9.17, 15) is 15.0 Å². The Morgan fingerprint density at radius 2 is 1.26 bits per heavy atom. The summed E-state index contributed by atoms with van der Waals surface area (Å²) in [5.41, 5.74) is 2.48. The van der Waals surface area contributed by atoms with Crippen LogP contribution in [0.1, 0.15) is 16.7 Å². The van der Waals surface area contributed by atoms with Crippen LogP contribution in [-0.4, -0.2) is 44.6 Å². The largest absolute Gasteiger partial charge is 0.506 e. The van der Waals surface area contributed by atoms with Crippen molar-refractivity contribution in [2.45, 2.75) is 0 Å². The van der Waals surface area contributed by atoms with E-state index in [1.807, 2.05) is 24.3 Å². The lowest BCUT2D eigenvalue weighted by molar-refractivity contribution is -0.111. The second-order valence-corrected chi connectivity index (χ2v) is 7.32. The molecule has 0 bridgehead atoms. The average molecular weight is 478 g/mol. The van der Waals surface area contributed by atoms with Crippen molar-refractivity contribution in [3.8, 4) is 34.5 Å². The molecule has 0 saturated carbocycles. The van der Waals surface area contributed by atoms with Gasteiger partial charge in [0.2, 0.25) is 11.7 Å². The van der Waals surface area contributed by atoms with Gasteiger partial charge < -0.3 is 34.5 Å². The van der Waals surface area contributed by atoms with Crippen LogP contribution in [0.5, 0.6) is 34.5 Å². The van der Waals surface area contributed by atoms with E-state index in [4.69, 9.17) is 18.9 Å². The van der Waals surface area contributed by atoms with E-state index in [-0.39, 0.29) is 17.2 Å². The summed E-state index contributed by atoms with van der Waals surface area (Å²) in [7, 11) is 6.08. The molecule has 3 aromatic carbocycles. The molecule has 35 heavy (non-hydrogen) atoms. The number of phenolic OH excluding ortho intramolecular Hbond substituents is 2. The third kappa shape index (κ3) is 6.26. The van der Waals surface area contributed by atoms with Crippen LogP contribution >= 0.6 is 0 Å². The number of amides is 1. The lowest BCUT2D eigenvalue weighted by Gasteiger charge is -2.12. The maximum absolute atomic E-state index is 12.3. The molecule has 0 aliphatic carbocycles. The van der Waals surface area contributed by atoms with Gasteiger partial charge in [0.1, 0.15) is 5.75 Å². The summed E-state index contributed by atoms with van der Waals surface area (Å²) in [6.07, 6.45) is 6.54. The molecule has 8 heteroatoms. The van der Waals surface area contributed by atoms with Crippen LogP contribution < -0.4 is 24.3 Å². The van der Waals surface area contributed by atoms with E-state index in [0.717, 1.165) is 11.1 Å². The van der Waals surface area contributed by atoms with Gasteiger partial charge in [0, 0.05) is 6.08 Å². The van der Waals surface area contributed by atoms with Gasteiger partial charge in [0.15, 0.2) is 23.0 Å². The average Bonchev–Trinajstić information content (AvgIpc) is 2.87. The molecule has 1 amide bonds. The van der Waals surface area contributed by atoms with Gasteiger partial charge >= 0.3 is 0 Å². The van der Waals surface area contributed by atoms with Crippen LogP contribution in [0, 0.1) is 0 Å². The lowest BCUT2D eigenvalue weighted by Crippen LogP contribution is -2.07. The van der Waals surface area contributed by atoms with Crippen LogP contribution in [0.4, 0.5) is 5.69 Å². The fraction of sp³-hybridized carbons (Fsp3) is 0.148. The Hall–Kier alpha value is -4.59. The quantitative estimate of drug-likeness (QED) is 0.227. The zero-order chi connectivity index (χ0) is 25.4. The van der Waals surface area contributed by atoms with Gasteiger partial charge in [-0.25, -0.2) is 0 Å². The molecule has 0 radical (unpaired) electrons. The molecule has 0 aliphatic heterocycles. The molecular weight excluding hydrogens is 450 g/mol. The van der Waals surface area contributed by atoms with Gasteiger partial charge in [0.05, 0.1) is 34.1 Å². The molecule has 0 saturated heterocycles. The number of aromatic hydroxyl groups is 2. The highest BCUT2D eigenvalue weighted by molar-refractivity contribution is 6.02. The number of ether oxygens (including phenoxy) is 4. The minimum absolute atomic E-state index is 0.0124. The van der Waals surface area contributed by atoms with Gasteiger partial charge in [-0.05, 0) is 59.2 Å². The second kappa shape index (κ2) is 11.5. The smallest absolute Gasteiger partial charge is 0.248 e. The zero-order valence-electron chi connectivity index (χ0n) is 19.9. The molecule has 0 spiro atoms. The Kier molecular flexibility index (Phi) is 8.24. The first-order chi connectivity index (χ1) is 16.9. The highest BCUT2D eigenvalue weighted by Crippen LogP contribution is 2.38. The first kappa shape index (κ1) is 25.0. The fourth-order valence-corrected chi connectivity index (χ4v) is 3.29. The molecular formula is C27H27NO7. The highest BCUT2D eigenvalue weighted by Gasteiger charge is 2.12. The number of carbonyl (C=O) groups excluding carboxylic acids is 1. The Morgan fingerprint density at radius 3 is 1.86 bits per heavy atom. The Morgan fingerprint density at radius 1 is 0.686 bits per heavy atom. The second-order valence-electron chi connectivity index (χ2n) is 7.32. The minimum Gasteiger partial charge on any atom is -0.506 e. The fourth-order valence-electron chi connectivity index (χ4n) is 3.29. The number of methoxy groups -OCH3 is 4. The summed E-state index contributed by atoms with van der Waals surface area (Å²) >= 11 is 0. The molecule has 3 N–H and O–H groups in total. The summed E-state index contributed by atoms with van der Waals surface area (Å²) < 4.78 is 21.1. The van der Waals surface area contributed by atoms with E-state index < -0.39 is 5.91 Å². The summed E-state index contributed by atoms with van der Waals surface area (Å²) in [6, 6.07) is 13.3. The van der Waals surface area contributed by atoms with E-state index >= 15 is 0 Å².